The molecule has 0 amide bonds. The van der Waals surface area contributed by atoms with E-state index in [1.54, 1.807) is 0 Å². The van der Waals surface area contributed by atoms with Gasteiger partial charge in [0, 0.05) is 12.8 Å². The predicted octanol–water partition coefficient (Wildman–Crippen LogP) is 2.15. The second kappa shape index (κ2) is 16.1. The molecule has 1 nitrogen and oxygen atoms in total. The highest BCUT2D eigenvalue weighted by Crippen LogP contribution is 2.11. The van der Waals surface area contributed by atoms with Gasteiger partial charge in [-0.2, -0.15) is 0 Å². The third kappa shape index (κ3) is 10.9. The second-order valence-electron chi connectivity index (χ2n) is 7.32. The summed E-state index contributed by atoms with van der Waals surface area (Å²) in [6, 6.07) is 1.02. The van der Waals surface area contributed by atoms with Gasteiger partial charge in [0.15, 0.2) is 0 Å². The minimum absolute atomic E-state index is 0. The smallest absolute Gasteiger partial charge is 0.0876 e. The SMILES string of the molecule is CCCCCCCCCCCC[NH+]1CCCC1CCCC.[Cl-]. The summed E-state index contributed by atoms with van der Waals surface area (Å²) >= 11 is 0. The number of hydrogen-bond acceptors (Lipinski definition) is 0. The fraction of sp³-hybridized carbons (Fsp3) is 1.00. The third-order valence-corrected chi connectivity index (χ3v) is 5.39. The van der Waals surface area contributed by atoms with Crippen LogP contribution < -0.4 is 17.3 Å². The van der Waals surface area contributed by atoms with Crippen LogP contribution in [0.5, 0.6) is 0 Å². The van der Waals surface area contributed by atoms with E-state index in [0.717, 1.165) is 6.04 Å². The molecule has 0 aromatic carbocycles. The van der Waals surface area contributed by atoms with E-state index >= 15 is 0 Å². The molecule has 0 saturated carbocycles. The van der Waals surface area contributed by atoms with E-state index in [2.05, 4.69) is 13.8 Å². The highest BCUT2D eigenvalue weighted by molar-refractivity contribution is 4.62. The Bertz CT molecular complexity index is 220. The van der Waals surface area contributed by atoms with Crippen molar-refractivity contribution in [3.05, 3.63) is 0 Å². The Morgan fingerprint density at radius 2 is 1.27 bits per heavy atom. The molecule has 2 heteroatoms. The van der Waals surface area contributed by atoms with Crippen molar-refractivity contribution in [3.63, 3.8) is 0 Å². The maximum atomic E-state index is 2.33. The summed E-state index contributed by atoms with van der Waals surface area (Å²) in [6.45, 7) is 7.56. The molecule has 0 radical (unpaired) electrons. The largest absolute Gasteiger partial charge is 1.00 e. The van der Waals surface area contributed by atoms with E-state index in [4.69, 9.17) is 0 Å². The quantitative estimate of drug-likeness (QED) is 0.465. The van der Waals surface area contributed by atoms with Gasteiger partial charge in [0.1, 0.15) is 0 Å². The van der Waals surface area contributed by atoms with Crippen molar-refractivity contribution in [3.8, 4) is 0 Å². The molecule has 0 spiro atoms. The lowest BCUT2D eigenvalue weighted by Crippen LogP contribution is -3.13. The summed E-state index contributed by atoms with van der Waals surface area (Å²) in [4.78, 5) is 1.95. The molecule has 2 atom stereocenters. The van der Waals surface area contributed by atoms with Crippen molar-refractivity contribution in [1.82, 2.24) is 0 Å². The maximum Gasteiger partial charge on any atom is 0.0876 e. The second-order valence-corrected chi connectivity index (χ2v) is 7.32. The van der Waals surface area contributed by atoms with Crippen LogP contribution in [0.4, 0.5) is 0 Å². The Labute approximate surface area is 147 Å². The molecule has 1 heterocycles. The molecule has 1 aliphatic heterocycles. The van der Waals surface area contributed by atoms with E-state index < -0.39 is 0 Å². The highest BCUT2D eigenvalue weighted by Gasteiger charge is 2.26. The minimum Gasteiger partial charge on any atom is -1.00 e. The average Bonchev–Trinajstić information content (AvgIpc) is 2.94. The fourth-order valence-corrected chi connectivity index (χ4v) is 3.95. The molecule has 0 bridgehead atoms. The Morgan fingerprint density at radius 1 is 0.727 bits per heavy atom. The summed E-state index contributed by atoms with van der Waals surface area (Å²) in [5.41, 5.74) is 0. The Hall–Kier alpha value is 0.250. The van der Waals surface area contributed by atoms with Gasteiger partial charge in [-0.25, -0.2) is 0 Å². The molecule has 22 heavy (non-hydrogen) atoms. The fourth-order valence-electron chi connectivity index (χ4n) is 3.95. The van der Waals surface area contributed by atoms with Crippen molar-refractivity contribution in [2.45, 2.75) is 116 Å². The number of likely N-dealkylation sites (tertiary alicyclic amines) is 1. The zero-order valence-corrected chi connectivity index (χ0v) is 16.2. The van der Waals surface area contributed by atoms with E-state index in [-0.39, 0.29) is 12.4 Å². The third-order valence-electron chi connectivity index (χ3n) is 5.39. The van der Waals surface area contributed by atoms with Crippen LogP contribution in [-0.4, -0.2) is 19.1 Å². The average molecular weight is 332 g/mol. The Kier molecular flexibility index (Phi) is 16.3. The molecular formula is C20H42ClN. The van der Waals surface area contributed by atoms with Crippen LogP contribution in [0.1, 0.15) is 110 Å². The first kappa shape index (κ1) is 22.2. The topological polar surface area (TPSA) is 4.44 Å². The lowest BCUT2D eigenvalue weighted by Gasteiger charge is -2.21. The molecule has 1 fully saturated rings. The van der Waals surface area contributed by atoms with Crippen molar-refractivity contribution < 1.29 is 17.3 Å². The number of rotatable bonds is 14. The number of quaternary nitrogens is 1. The molecule has 1 rings (SSSR count). The Morgan fingerprint density at radius 3 is 1.86 bits per heavy atom. The molecule has 1 saturated heterocycles. The molecule has 2 unspecified atom stereocenters. The van der Waals surface area contributed by atoms with Gasteiger partial charge in [0.25, 0.3) is 0 Å². The van der Waals surface area contributed by atoms with Gasteiger partial charge in [-0.15, -0.1) is 0 Å². The van der Waals surface area contributed by atoms with Crippen LogP contribution in [0.3, 0.4) is 0 Å². The van der Waals surface area contributed by atoms with E-state index in [1.807, 2.05) is 4.90 Å². The summed E-state index contributed by atoms with van der Waals surface area (Å²) in [6.07, 6.45) is 22.0. The van der Waals surface area contributed by atoms with Gasteiger partial charge in [-0.3, -0.25) is 0 Å². The first-order valence-corrected chi connectivity index (χ1v) is 10.2. The highest BCUT2D eigenvalue weighted by atomic mass is 35.5. The standard InChI is InChI=1S/C20H41N.ClH/c1-3-5-7-8-9-10-11-12-13-14-18-21-19-15-17-20(21)16-6-4-2;/h20H,3-19H2,1-2H3;1H. The van der Waals surface area contributed by atoms with Gasteiger partial charge in [-0.05, 0) is 25.7 Å². The van der Waals surface area contributed by atoms with Crippen molar-refractivity contribution in [2.24, 2.45) is 0 Å². The molecular weight excluding hydrogens is 290 g/mol. The van der Waals surface area contributed by atoms with Crippen LogP contribution in [0, 0.1) is 0 Å². The number of halogens is 1. The maximum absolute atomic E-state index is 2.33. The number of hydrogen-bond donors (Lipinski definition) is 1. The Balaban J connectivity index is 0.00000441. The van der Waals surface area contributed by atoms with E-state index in [1.165, 1.54) is 109 Å². The summed E-state index contributed by atoms with van der Waals surface area (Å²) < 4.78 is 0. The van der Waals surface area contributed by atoms with Crippen molar-refractivity contribution >= 4 is 0 Å². The van der Waals surface area contributed by atoms with Crippen molar-refractivity contribution in [2.75, 3.05) is 13.1 Å². The number of nitrogens with one attached hydrogen (secondary N) is 1. The molecule has 1 N–H and O–H groups in total. The van der Waals surface area contributed by atoms with Crippen LogP contribution in [0.2, 0.25) is 0 Å². The lowest BCUT2D eigenvalue weighted by molar-refractivity contribution is -0.912. The zero-order chi connectivity index (χ0) is 15.2. The van der Waals surface area contributed by atoms with Gasteiger partial charge in [0.2, 0.25) is 0 Å². The summed E-state index contributed by atoms with van der Waals surface area (Å²) in [5, 5.41) is 0. The molecule has 0 aromatic rings. The normalized spacial score (nSPS) is 21.0. The zero-order valence-electron chi connectivity index (χ0n) is 15.5. The van der Waals surface area contributed by atoms with E-state index in [0.29, 0.717) is 0 Å². The van der Waals surface area contributed by atoms with Crippen LogP contribution in [-0.2, 0) is 0 Å². The number of unbranched alkanes of at least 4 members (excludes halogenated alkanes) is 10. The van der Waals surface area contributed by atoms with Crippen LogP contribution in [0.25, 0.3) is 0 Å². The van der Waals surface area contributed by atoms with E-state index in [9.17, 15) is 0 Å². The molecule has 0 aliphatic carbocycles. The first-order chi connectivity index (χ1) is 10.4. The molecule has 0 aromatic heterocycles. The molecule has 134 valence electrons. The van der Waals surface area contributed by atoms with Gasteiger partial charge in [0.05, 0.1) is 19.1 Å². The summed E-state index contributed by atoms with van der Waals surface area (Å²) in [7, 11) is 0. The van der Waals surface area contributed by atoms with Crippen LogP contribution >= 0.6 is 0 Å². The predicted molar refractivity (Wildman–Crippen MR) is 95.1 cm³/mol. The van der Waals surface area contributed by atoms with Crippen molar-refractivity contribution in [1.29, 1.82) is 0 Å². The van der Waals surface area contributed by atoms with Crippen LogP contribution in [0.15, 0.2) is 0 Å². The minimum atomic E-state index is 0. The van der Waals surface area contributed by atoms with Gasteiger partial charge >= 0.3 is 0 Å². The lowest BCUT2D eigenvalue weighted by atomic mass is 10.1. The van der Waals surface area contributed by atoms with Gasteiger partial charge < -0.3 is 17.3 Å². The monoisotopic (exact) mass is 331 g/mol. The first-order valence-electron chi connectivity index (χ1n) is 10.2. The summed E-state index contributed by atoms with van der Waals surface area (Å²) in [5.74, 6) is 0. The molecule has 1 aliphatic rings. The van der Waals surface area contributed by atoms with Gasteiger partial charge in [-0.1, -0.05) is 71.6 Å².